The molecule has 0 fully saturated rings. The summed E-state index contributed by atoms with van der Waals surface area (Å²) >= 11 is 13.3. The Labute approximate surface area is 173 Å². The summed E-state index contributed by atoms with van der Waals surface area (Å²) in [6, 6.07) is 12.7. The van der Waals surface area contributed by atoms with Crippen LogP contribution in [0.2, 0.25) is 10.0 Å². The van der Waals surface area contributed by atoms with E-state index in [4.69, 9.17) is 23.2 Å². The van der Waals surface area contributed by atoms with Crippen molar-refractivity contribution in [3.8, 4) is 11.3 Å². The minimum atomic E-state index is -1.14. The number of halogens is 2. The van der Waals surface area contributed by atoms with Crippen molar-refractivity contribution in [1.82, 2.24) is 9.97 Å². The van der Waals surface area contributed by atoms with Crippen LogP contribution in [0.5, 0.6) is 0 Å². The number of para-hydroxylation sites is 1. The van der Waals surface area contributed by atoms with Gasteiger partial charge in [-0.3, -0.25) is 5.43 Å². The van der Waals surface area contributed by atoms with Gasteiger partial charge in [0.2, 0.25) is 5.13 Å². The van der Waals surface area contributed by atoms with Crippen molar-refractivity contribution in [2.75, 3.05) is 5.43 Å². The van der Waals surface area contributed by atoms with Gasteiger partial charge in [-0.05, 0) is 18.2 Å². The number of anilines is 1. The average Bonchev–Trinajstić information content (AvgIpc) is 3.32. The van der Waals surface area contributed by atoms with E-state index in [-0.39, 0.29) is 5.71 Å². The first-order chi connectivity index (χ1) is 13.5. The molecule has 0 atom stereocenters. The molecule has 0 radical (unpaired) electrons. The number of hydrogen-bond donors (Lipinski definition) is 3. The molecule has 0 aliphatic rings. The molecule has 4 aromatic rings. The van der Waals surface area contributed by atoms with Crippen LogP contribution < -0.4 is 5.43 Å². The molecule has 6 nitrogen and oxygen atoms in total. The second-order valence-electron chi connectivity index (χ2n) is 5.79. The highest BCUT2D eigenvalue weighted by Gasteiger charge is 2.17. The zero-order valence-corrected chi connectivity index (χ0v) is 16.4. The van der Waals surface area contributed by atoms with E-state index in [2.05, 4.69) is 20.5 Å². The predicted octanol–water partition coefficient (Wildman–Crippen LogP) is 5.50. The third-order valence-corrected chi connectivity index (χ3v) is 5.52. The van der Waals surface area contributed by atoms with E-state index in [1.165, 1.54) is 11.3 Å². The van der Waals surface area contributed by atoms with Crippen molar-refractivity contribution < 1.29 is 9.90 Å². The molecule has 4 rings (SSSR count). The molecule has 0 amide bonds. The molecule has 2 aromatic carbocycles. The number of thiazole rings is 1. The first-order valence-electron chi connectivity index (χ1n) is 8.07. The molecule has 0 saturated carbocycles. The fourth-order valence-electron chi connectivity index (χ4n) is 2.71. The number of aliphatic carboxylic acids is 1. The van der Waals surface area contributed by atoms with Crippen LogP contribution in [0, 0.1) is 0 Å². The summed E-state index contributed by atoms with van der Waals surface area (Å²) in [6.07, 6.45) is 1.63. The number of nitrogens with zero attached hydrogens (tertiary/aromatic N) is 2. The Kier molecular flexibility index (Phi) is 5.04. The predicted molar refractivity (Wildman–Crippen MR) is 114 cm³/mol. The summed E-state index contributed by atoms with van der Waals surface area (Å²) in [4.78, 5) is 19.2. The Hall–Kier alpha value is -2.87. The van der Waals surface area contributed by atoms with Crippen molar-refractivity contribution in [3.05, 3.63) is 69.7 Å². The van der Waals surface area contributed by atoms with Gasteiger partial charge in [0.1, 0.15) is 0 Å². The van der Waals surface area contributed by atoms with Crippen LogP contribution in [0.1, 0.15) is 5.56 Å². The standard InChI is InChI=1S/C19H12Cl2N4O2S/c20-13-6-5-10(7-14(13)21)16-9-28-19(23-16)25-24-17(18(26)27)12-8-22-15-4-2-1-3-11(12)15/h1-9,22H,(H,23,25)(H,26,27)/b24-17-. The number of carboxylic acids is 1. The third kappa shape index (κ3) is 3.60. The molecule has 0 unspecified atom stereocenters. The quantitative estimate of drug-likeness (QED) is 0.288. The molecule has 3 N–H and O–H groups in total. The lowest BCUT2D eigenvalue weighted by molar-refractivity contribution is -0.129. The molecule has 0 aliphatic carbocycles. The van der Waals surface area contributed by atoms with Crippen molar-refractivity contribution in [1.29, 1.82) is 0 Å². The number of benzene rings is 2. The van der Waals surface area contributed by atoms with Crippen molar-refractivity contribution in [2.24, 2.45) is 5.10 Å². The van der Waals surface area contributed by atoms with Crippen molar-refractivity contribution in [2.45, 2.75) is 0 Å². The first-order valence-corrected chi connectivity index (χ1v) is 9.71. The van der Waals surface area contributed by atoms with E-state index in [1.54, 1.807) is 18.3 Å². The first kappa shape index (κ1) is 18.5. The van der Waals surface area contributed by atoms with Crippen LogP contribution in [-0.2, 0) is 4.79 Å². The van der Waals surface area contributed by atoms with E-state index in [9.17, 15) is 9.90 Å². The number of aromatic nitrogens is 2. The van der Waals surface area contributed by atoms with E-state index < -0.39 is 5.97 Å². The minimum Gasteiger partial charge on any atom is -0.476 e. The van der Waals surface area contributed by atoms with Gasteiger partial charge in [0.05, 0.1) is 15.7 Å². The normalized spacial score (nSPS) is 11.7. The number of nitrogens with one attached hydrogen (secondary N) is 2. The van der Waals surface area contributed by atoms with E-state index >= 15 is 0 Å². The Morgan fingerprint density at radius 1 is 1.18 bits per heavy atom. The fourth-order valence-corrected chi connectivity index (χ4v) is 3.67. The summed E-state index contributed by atoms with van der Waals surface area (Å²) in [5.74, 6) is -1.14. The maximum atomic E-state index is 11.7. The number of rotatable bonds is 5. The monoisotopic (exact) mass is 430 g/mol. The van der Waals surface area contributed by atoms with E-state index in [0.29, 0.717) is 26.4 Å². The Morgan fingerprint density at radius 2 is 2.00 bits per heavy atom. The van der Waals surface area contributed by atoms with Gasteiger partial charge in [-0.25, -0.2) is 9.78 Å². The number of carbonyl (C=O) groups is 1. The molecule has 2 heterocycles. The van der Waals surface area contributed by atoms with Gasteiger partial charge >= 0.3 is 5.97 Å². The van der Waals surface area contributed by atoms with Crippen LogP contribution in [0.15, 0.2) is 59.1 Å². The topological polar surface area (TPSA) is 90.4 Å². The lowest BCUT2D eigenvalue weighted by atomic mass is 10.1. The van der Waals surface area contributed by atoms with Crippen LogP contribution in [-0.4, -0.2) is 26.8 Å². The molecule has 9 heteroatoms. The molecule has 0 bridgehead atoms. The Bertz CT molecular complexity index is 1220. The van der Waals surface area contributed by atoms with Gasteiger partial charge < -0.3 is 10.1 Å². The molecule has 140 valence electrons. The number of hydrogen-bond acceptors (Lipinski definition) is 5. The fraction of sp³-hybridized carbons (Fsp3) is 0. The van der Waals surface area contributed by atoms with Gasteiger partial charge in [-0.15, -0.1) is 11.3 Å². The van der Waals surface area contributed by atoms with Gasteiger partial charge in [0.25, 0.3) is 0 Å². The number of H-pyrrole nitrogens is 1. The second kappa shape index (κ2) is 7.63. The summed E-state index contributed by atoms with van der Waals surface area (Å²) < 4.78 is 0. The summed E-state index contributed by atoms with van der Waals surface area (Å²) in [7, 11) is 0. The average molecular weight is 431 g/mol. The molecule has 0 aliphatic heterocycles. The highest BCUT2D eigenvalue weighted by atomic mass is 35.5. The molecular weight excluding hydrogens is 419 g/mol. The number of hydrazone groups is 1. The smallest absolute Gasteiger partial charge is 0.357 e. The second-order valence-corrected chi connectivity index (χ2v) is 7.46. The Balaban J connectivity index is 1.62. The van der Waals surface area contributed by atoms with Crippen LogP contribution in [0.4, 0.5) is 5.13 Å². The minimum absolute atomic E-state index is 0.108. The SMILES string of the molecule is O=C(O)/C(=N\Nc1nc(-c2ccc(Cl)c(Cl)c2)cs1)c1c[nH]c2ccccc12. The van der Waals surface area contributed by atoms with Crippen molar-refractivity contribution in [3.63, 3.8) is 0 Å². The lowest BCUT2D eigenvalue weighted by Crippen LogP contribution is -2.16. The highest BCUT2D eigenvalue weighted by molar-refractivity contribution is 7.14. The molecule has 28 heavy (non-hydrogen) atoms. The summed E-state index contributed by atoms with van der Waals surface area (Å²) in [6.45, 7) is 0. The Morgan fingerprint density at radius 3 is 2.79 bits per heavy atom. The van der Waals surface area contributed by atoms with Gasteiger partial charge in [0, 0.05) is 33.6 Å². The van der Waals surface area contributed by atoms with Crippen molar-refractivity contribution >= 4 is 62.3 Å². The highest BCUT2D eigenvalue weighted by Crippen LogP contribution is 2.30. The van der Waals surface area contributed by atoms with Crippen LogP contribution in [0.3, 0.4) is 0 Å². The number of carboxylic acid groups (broad SMARTS) is 1. The molecule has 2 aromatic heterocycles. The zero-order valence-electron chi connectivity index (χ0n) is 14.1. The maximum Gasteiger partial charge on any atom is 0.357 e. The third-order valence-electron chi connectivity index (χ3n) is 4.03. The van der Waals surface area contributed by atoms with E-state index in [0.717, 1.165) is 16.5 Å². The van der Waals surface area contributed by atoms with Gasteiger partial charge in [-0.2, -0.15) is 5.10 Å². The van der Waals surface area contributed by atoms with Crippen LogP contribution >= 0.6 is 34.5 Å². The summed E-state index contributed by atoms with van der Waals surface area (Å²) in [5.41, 5.74) is 5.45. The van der Waals surface area contributed by atoms with Gasteiger partial charge in [-0.1, -0.05) is 47.5 Å². The number of fused-ring (bicyclic) bond motifs is 1. The largest absolute Gasteiger partial charge is 0.476 e. The van der Waals surface area contributed by atoms with Crippen LogP contribution in [0.25, 0.3) is 22.2 Å². The maximum absolute atomic E-state index is 11.7. The lowest BCUT2D eigenvalue weighted by Gasteiger charge is -2.01. The molecular formula is C19H12Cl2N4O2S. The summed E-state index contributed by atoms with van der Waals surface area (Å²) in [5, 5.41) is 17.6. The molecule has 0 spiro atoms. The molecule has 0 saturated heterocycles. The zero-order chi connectivity index (χ0) is 19.7. The van der Waals surface area contributed by atoms with Gasteiger partial charge in [0.15, 0.2) is 5.71 Å². The number of aromatic amines is 1. The van der Waals surface area contributed by atoms with E-state index in [1.807, 2.05) is 35.7 Å².